The molecule has 5 nitrogen and oxygen atoms in total. The van der Waals surface area contributed by atoms with Crippen LogP contribution in [0.3, 0.4) is 0 Å². The van der Waals surface area contributed by atoms with Gasteiger partial charge in [0.1, 0.15) is 11.7 Å². The molecule has 0 bridgehead atoms. The number of aromatic nitrogens is 1. The number of amides is 1. The Bertz CT molecular complexity index is 533. The molecule has 1 heterocycles. The summed E-state index contributed by atoms with van der Waals surface area (Å²) in [4.78, 5) is 26.1. The van der Waals surface area contributed by atoms with Gasteiger partial charge in [0.05, 0.1) is 5.56 Å². The largest absolute Gasteiger partial charge is 0.480 e. The minimum atomic E-state index is -4.59. The van der Waals surface area contributed by atoms with E-state index in [1.807, 2.05) is 0 Å². The number of nitrogens with one attached hydrogen (secondary N) is 1. The summed E-state index contributed by atoms with van der Waals surface area (Å²) in [6, 6.07) is 0.446. The number of nitrogens with zero attached hydrogens (tertiary/aromatic N) is 1. The zero-order valence-electron chi connectivity index (χ0n) is 11.7. The van der Waals surface area contributed by atoms with Crippen molar-refractivity contribution in [1.82, 2.24) is 10.3 Å². The molecule has 8 heteroatoms. The molecule has 0 fully saturated rings. The second-order valence-corrected chi connectivity index (χ2v) is 5.54. The quantitative estimate of drug-likeness (QED) is 0.898. The minimum Gasteiger partial charge on any atom is -0.480 e. The highest BCUT2D eigenvalue weighted by Crippen LogP contribution is 2.27. The van der Waals surface area contributed by atoms with Gasteiger partial charge >= 0.3 is 12.1 Å². The van der Waals surface area contributed by atoms with Crippen molar-refractivity contribution < 1.29 is 27.9 Å². The van der Waals surface area contributed by atoms with Crippen molar-refractivity contribution in [2.75, 3.05) is 0 Å². The highest BCUT2D eigenvalue weighted by molar-refractivity contribution is 5.96. The molecule has 0 saturated heterocycles. The Morgan fingerprint density at radius 2 is 1.81 bits per heavy atom. The lowest BCUT2D eigenvalue weighted by atomic mass is 9.86. The van der Waals surface area contributed by atoms with Crippen LogP contribution in [0.15, 0.2) is 18.3 Å². The van der Waals surface area contributed by atoms with Crippen LogP contribution in [0.1, 0.15) is 36.8 Å². The molecule has 2 N–H and O–H groups in total. The Morgan fingerprint density at radius 1 is 1.24 bits per heavy atom. The zero-order chi connectivity index (χ0) is 16.4. The normalized spacial score (nSPS) is 13.6. The maximum Gasteiger partial charge on any atom is 0.433 e. The fourth-order valence-electron chi connectivity index (χ4n) is 1.56. The summed E-state index contributed by atoms with van der Waals surface area (Å²) < 4.78 is 37.1. The van der Waals surface area contributed by atoms with E-state index >= 15 is 0 Å². The van der Waals surface area contributed by atoms with Gasteiger partial charge in [-0.1, -0.05) is 20.8 Å². The second-order valence-electron chi connectivity index (χ2n) is 5.54. The van der Waals surface area contributed by atoms with Crippen LogP contribution in [-0.4, -0.2) is 28.0 Å². The molecule has 1 aromatic rings. The van der Waals surface area contributed by atoms with E-state index in [1.54, 1.807) is 20.8 Å². The van der Waals surface area contributed by atoms with E-state index in [2.05, 4.69) is 10.3 Å². The van der Waals surface area contributed by atoms with Crippen molar-refractivity contribution in [1.29, 1.82) is 0 Å². The van der Waals surface area contributed by atoms with Crippen molar-refractivity contribution in [2.45, 2.75) is 33.0 Å². The lowest BCUT2D eigenvalue weighted by Crippen LogP contribution is -2.49. The first-order chi connectivity index (χ1) is 9.43. The summed E-state index contributed by atoms with van der Waals surface area (Å²) >= 11 is 0. The molecule has 0 aromatic carbocycles. The third-order valence-corrected chi connectivity index (χ3v) is 2.70. The molecule has 0 saturated carbocycles. The number of aliphatic carboxylic acids is 1. The van der Waals surface area contributed by atoms with E-state index in [0.29, 0.717) is 6.07 Å². The Kier molecular flexibility index (Phi) is 4.60. The molecule has 116 valence electrons. The predicted octanol–water partition coefficient (Wildman–Crippen LogP) is 2.33. The standard InChI is InChI=1S/C13H15F3N2O3/c1-12(2,3)9(11(20)21)18-10(19)7-4-5-8(17-6-7)13(14,15)16/h4-6,9H,1-3H3,(H,18,19)(H,20,21). The fraction of sp³-hybridized carbons (Fsp3) is 0.462. The van der Waals surface area contributed by atoms with Gasteiger partial charge in [0, 0.05) is 6.20 Å². The summed E-state index contributed by atoms with van der Waals surface area (Å²) in [6.07, 6.45) is -3.83. The summed E-state index contributed by atoms with van der Waals surface area (Å²) in [5, 5.41) is 11.3. The molecule has 1 atom stereocenters. The molecular weight excluding hydrogens is 289 g/mol. The van der Waals surface area contributed by atoms with Crippen molar-refractivity contribution >= 4 is 11.9 Å². The van der Waals surface area contributed by atoms with Crippen molar-refractivity contribution in [2.24, 2.45) is 5.41 Å². The van der Waals surface area contributed by atoms with E-state index in [0.717, 1.165) is 12.3 Å². The Hall–Kier alpha value is -2.12. The summed E-state index contributed by atoms with van der Waals surface area (Å²) in [5.41, 5.74) is -2.01. The summed E-state index contributed by atoms with van der Waals surface area (Å²) in [7, 11) is 0. The number of carbonyl (C=O) groups excluding carboxylic acids is 1. The maximum atomic E-state index is 12.4. The second kappa shape index (κ2) is 5.71. The molecule has 1 amide bonds. The number of hydrogen-bond donors (Lipinski definition) is 2. The number of carboxylic acids is 1. The molecule has 0 aliphatic heterocycles. The topological polar surface area (TPSA) is 79.3 Å². The first kappa shape index (κ1) is 16.9. The molecule has 1 rings (SSSR count). The van der Waals surface area contributed by atoms with Crippen molar-refractivity contribution in [3.63, 3.8) is 0 Å². The SMILES string of the molecule is CC(C)(C)C(NC(=O)c1ccc(C(F)(F)F)nc1)C(=O)O. The van der Waals surface area contributed by atoms with Crippen LogP contribution in [0.5, 0.6) is 0 Å². The van der Waals surface area contributed by atoms with Crippen LogP contribution < -0.4 is 5.32 Å². The van der Waals surface area contributed by atoms with Gasteiger partial charge in [0.15, 0.2) is 0 Å². The van der Waals surface area contributed by atoms with Gasteiger partial charge in [-0.25, -0.2) is 4.79 Å². The molecule has 0 aliphatic carbocycles. The van der Waals surface area contributed by atoms with Gasteiger partial charge in [-0.3, -0.25) is 9.78 Å². The third kappa shape index (κ3) is 4.44. The van der Waals surface area contributed by atoms with Gasteiger partial charge in [0.2, 0.25) is 0 Å². The Labute approximate surface area is 119 Å². The average Bonchev–Trinajstić information content (AvgIpc) is 2.33. The van der Waals surface area contributed by atoms with Crippen LogP contribution in [0.25, 0.3) is 0 Å². The molecular formula is C13H15F3N2O3. The Morgan fingerprint density at radius 3 is 2.14 bits per heavy atom. The maximum absolute atomic E-state index is 12.4. The zero-order valence-corrected chi connectivity index (χ0v) is 11.7. The molecule has 0 spiro atoms. The van der Waals surface area contributed by atoms with E-state index in [-0.39, 0.29) is 5.56 Å². The third-order valence-electron chi connectivity index (χ3n) is 2.70. The number of halogens is 3. The highest BCUT2D eigenvalue weighted by Gasteiger charge is 2.34. The van der Waals surface area contributed by atoms with Gasteiger partial charge in [-0.15, -0.1) is 0 Å². The first-order valence-corrected chi connectivity index (χ1v) is 6.00. The monoisotopic (exact) mass is 304 g/mol. The predicted molar refractivity (Wildman–Crippen MR) is 67.6 cm³/mol. The number of pyridine rings is 1. The summed E-state index contributed by atoms with van der Waals surface area (Å²) in [6.45, 7) is 4.87. The van der Waals surface area contributed by atoms with Crippen LogP contribution >= 0.6 is 0 Å². The number of carbonyl (C=O) groups is 2. The van der Waals surface area contributed by atoms with Crippen molar-refractivity contribution in [3.05, 3.63) is 29.6 Å². The van der Waals surface area contributed by atoms with Gasteiger partial charge in [-0.2, -0.15) is 13.2 Å². The van der Waals surface area contributed by atoms with Gasteiger partial charge in [-0.05, 0) is 17.5 Å². The molecule has 1 unspecified atom stereocenters. The van der Waals surface area contributed by atoms with E-state index in [9.17, 15) is 22.8 Å². The van der Waals surface area contributed by atoms with Gasteiger partial charge < -0.3 is 10.4 Å². The molecule has 0 radical (unpaired) electrons. The molecule has 21 heavy (non-hydrogen) atoms. The lowest BCUT2D eigenvalue weighted by Gasteiger charge is -2.27. The van der Waals surface area contributed by atoms with Crippen LogP contribution in [0, 0.1) is 5.41 Å². The number of rotatable bonds is 3. The Balaban J connectivity index is 2.92. The number of hydrogen-bond acceptors (Lipinski definition) is 3. The average molecular weight is 304 g/mol. The smallest absolute Gasteiger partial charge is 0.433 e. The summed E-state index contributed by atoms with van der Waals surface area (Å²) in [5.74, 6) is -2.02. The molecule has 0 aliphatic rings. The van der Waals surface area contributed by atoms with E-state index < -0.39 is 35.2 Å². The first-order valence-electron chi connectivity index (χ1n) is 6.00. The fourth-order valence-corrected chi connectivity index (χ4v) is 1.56. The minimum absolute atomic E-state index is 0.140. The van der Waals surface area contributed by atoms with Crippen LogP contribution in [0.4, 0.5) is 13.2 Å². The van der Waals surface area contributed by atoms with E-state index in [1.165, 1.54) is 0 Å². The van der Waals surface area contributed by atoms with Crippen LogP contribution in [0.2, 0.25) is 0 Å². The van der Waals surface area contributed by atoms with Crippen molar-refractivity contribution in [3.8, 4) is 0 Å². The van der Waals surface area contributed by atoms with Crippen LogP contribution in [-0.2, 0) is 11.0 Å². The lowest BCUT2D eigenvalue weighted by molar-refractivity contribution is -0.142. The number of carboxylic acid groups (broad SMARTS) is 1. The van der Waals surface area contributed by atoms with E-state index in [4.69, 9.17) is 5.11 Å². The van der Waals surface area contributed by atoms with Gasteiger partial charge in [0.25, 0.3) is 5.91 Å². The molecule has 1 aromatic heterocycles. The highest BCUT2D eigenvalue weighted by atomic mass is 19.4. The number of alkyl halides is 3.